The Kier molecular flexibility index (Phi) is 5.57. The summed E-state index contributed by atoms with van der Waals surface area (Å²) in [6.07, 6.45) is 1.66. The number of benzene rings is 2. The first-order chi connectivity index (χ1) is 14.2. The molecule has 1 amide bonds. The van der Waals surface area contributed by atoms with Crippen molar-refractivity contribution in [3.05, 3.63) is 77.4 Å². The minimum atomic E-state index is -0.262. The Labute approximate surface area is 170 Å². The van der Waals surface area contributed by atoms with Crippen LogP contribution in [0.25, 0.3) is 0 Å². The maximum atomic E-state index is 12.8. The highest BCUT2D eigenvalue weighted by atomic mass is 16.5. The molecule has 0 bridgehead atoms. The van der Waals surface area contributed by atoms with Gasteiger partial charge in [0.25, 0.3) is 5.91 Å². The van der Waals surface area contributed by atoms with Crippen LogP contribution >= 0.6 is 0 Å². The number of methoxy groups -OCH3 is 1. The van der Waals surface area contributed by atoms with Crippen LogP contribution in [0.4, 0.5) is 5.69 Å². The molecule has 1 unspecified atom stereocenters. The lowest BCUT2D eigenvalue weighted by molar-refractivity contribution is 0.0937. The summed E-state index contributed by atoms with van der Waals surface area (Å²) in [5.74, 6) is 0.582. The molecule has 1 aliphatic rings. The van der Waals surface area contributed by atoms with Crippen LogP contribution in [0.3, 0.4) is 0 Å². The van der Waals surface area contributed by atoms with Crippen molar-refractivity contribution in [2.75, 3.05) is 18.6 Å². The van der Waals surface area contributed by atoms with Gasteiger partial charge in [-0.2, -0.15) is 0 Å². The molecule has 7 heteroatoms. The third-order valence-electron chi connectivity index (χ3n) is 5.23. The average molecular weight is 391 g/mol. The third-order valence-corrected chi connectivity index (χ3v) is 5.23. The van der Waals surface area contributed by atoms with Gasteiger partial charge in [0.05, 0.1) is 12.6 Å². The van der Waals surface area contributed by atoms with E-state index in [2.05, 4.69) is 44.7 Å². The molecule has 0 fully saturated rings. The highest BCUT2D eigenvalue weighted by Crippen LogP contribution is 2.28. The van der Waals surface area contributed by atoms with Crippen LogP contribution in [0, 0.1) is 0 Å². The van der Waals surface area contributed by atoms with E-state index in [0.29, 0.717) is 24.5 Å². The summed E-state index contributed by atoms with van der Waals surface area (Å²) in [7, 11) is 1.65. The van der Waals surface area contributed by atoms with Gasteiger partial charge in [-0.1, -0.05) is 30.3 Å². The number of amides is 1. The minimum absolute atomic E-state index is 0.127. The fraction of sp³-hybridized carbons (Fsp3) is 0.318. The first-order valence-corrected chi connectivity index (χ1v) is 9.75. The van der Waals surface area contributed by atoms with Crippen molar-refractivity contribution in [3.8, 4) is 0 Å². The zero-order chi connectivity index (χ0) is 20.2. The van der Waals surface area contributed by atoms with Gasteiger partial charge < -0.3 is 19.5 Å². The Morgan fingerprint density at radius 2 is 1.93 bits per heavy atom. The van der Waals surface area contributed by atoms with E-state index >= 15 is 0 Å². The van der Waals surface area contributed by atoms with Crippen molar-refractivity contribution in [1.29, 1.82) is 0 Å². The van der Waals surface area contributed by atoms with E-state index in [4.69, 9.17) is 4.74 Å². The Hall–Kier alpha value is -3.19. The van der Waals surface area contributed by atoms with Gasteiger partial charge in [0, 0.05) is 38.0 Å². The molecule has 1 atom stereocenters. The van der Waals surface area contributed by atoms with Crippen LogP contribution in [-0.4, -0.2) is 34.4 Å². The van der Waals surface area contributed by atoms with Gasteiger partial charge >= 0.3 is 0 Å². The molecule has 2 aromatic carbocycles. The summed E-state index contributed by atoms with van der Waals surface area (Å²) in [5.41, 5.74) is 4.36. The van der Waals surface area contributed by atoms with Crippen LogP contribution < -0.4 is 10.2 Å². The molecular formula is C22H25N5O2. The number of ether oxygens (including phenoxy) is 1. The fourth-order valence-corrected chi connectivity index (χ4v) is 3.67. The molecule has 0 radical (unpaired) electrons. The Morgan fingerprint density at radius 1 is 1.17 bits per heavy atom. The lowest BCUT2D eigenvalue weighted by Gasteiger charge is -2.19. The predicted molar refractivity (Wildman–Crippen MR) is 111 cm³/mol. The first kappa shape index (κ1) is 19.1. The molecule has 29 heavy (non-hydrogen) atoms. The van der Waals surface area contributed by atoms with Gasteiger partial charge in [0.15, 0.2) is 5.82 Å². The van der Waals surface area contributed by atoms with Crippen LogP contribution in [0.2, 0.25) is 0 Å². The number of carbonyl (C=O) groups excluding carboxylic acids is 1. The Balaban J connectivity index is 1.45. The van der Waals surface area contributed by atoms with E-state index in [1.165, 1.54) is 11.1 Å². The minimum Gasteiger partial charge on any atom is -0.383 e. The van der Waals surface area contributed by atoms with Gasteiger partial charge in [0.2, 0.25) is 0 Å². The van der Waals surface area contributed by atoms with E-state index in [9.17, 15) is 4.79 Å². The predicted octanol–water partition coefficient (Wildman–Crippen LogP) is 2.94. The molecule has 3 aromatic rings. The zero-order valence-corrected chi connectivity index (χ0v) is 16.7. The molecule has 1 aliphatic heterocycles. The van der Waals surface area contributed by atoms with E-state index in [0.717, 1.165) is 18.8 Å². The fourth-order valence-electron chi connectivity index (χ4n) is 3.67. The number of nitrogens with one attached hydrogen (secondary N) is 1. The summed E-state index contributed by atoms with van der Waals surface area (Å²) in [6, 6.07) is 16.0. The van der Waals surface area contributed by atoms with Crippen molar-refractivity contribution in [3.63, 3.8) is 0 Å². The standard InChI is InChI=1S/C22H25N5O2/c1-16(21-25-23-15-26(21)10-11-29-2)24-22(28)17-8-5-9-20(12-17)27-13-18-6-3-4-7-19(18)14-27/h3-9,12,15-16H,10-11,13-14H2,1-2H3,(H,24,28). The number of aromatic nitrogens is 3. The molecule has 2 heterocycles. The van der Waals surface area contributed by atoms with Gasteiger partial charge in [0.1, 0.15) is 6.33 Å². The molecule has 0 saturated carbocycles. The van der Waals surface area contributed by atoms with E-state index < -0.39 is 0 Å². The monoisotopic (exact) mass is 391 g/mol. The quantitative estimate of drug-likeness (QED) is 0.670. The second-order valence-electron chi connectivity index (χ2n) is 7.25. The smallest absolute Gasteiger partial charge is 0.251 e. The summed E-state index contributed by atoms with van der Waals surface area (Å²) in [6.45, 7) is 4.84. The molecule has 7 nitrogen and oxygen atoms in total. The maximum absolute atomic E-state index is 12.8. The number of anilines is 1. The molecule has 1 N–H and O–H groups in total. The summed E-state index contributed by atoms with van der Waals surface area (Å²) in [4.78, 5) is 15.1. The maximum Gasteiger partial charge on any atom is 0.251 e. The van der Waals surface area contributed by atoms with Crippen molar-refractivity contribution in [1.82, 2.24) is 20.1 Å². The Bertz CT molecular complexity index is 975. The molecule has 4 rings (SSSR count). The molecular weight excluding hydrogens is 366 g/mol. The van der Waals surface area contributed by atoms with Crippen LogP contribution in [0.5, 0.6) is 0 Å². The zero-order valence-electron chi connectivity index (χ0n) is 16.7. The average Bonchev–Trinajstić information content (AvgIpc) is 3.39. The second-order valence-corrected chi connectivity index (χ2v) is 7.25. The number of fused-ring (bicyclic) bond motifs is 1. The molecule has 150 valence electrons. The number of nitrogens with zero attached hydrogens (tertiary/aromatic N) is 4. The van der Waals surface area contributed by atoms with Crippen LogP contribution in [-0.2, 0) is 24.4 Å². The SMILES string of the molecule is COCCn1cnnc1C(C)NC(=O)c1cccc(N2Cc3ccccc3C2)c1. The highest BCUT2D eigenvalue weighted by Gasteiger charge is 2.21. The molecule has 0 saturated heterocycles. The van der Waals surface area contributed by atoms with Crippen molar-refractivity contribution < 1.29 is 9.53 Å². The van der Waals surface area contributed by atoms with Crippen LogP contribution in [0.15, 0.2) is 54.9 Å². The lowest BCUT2D eigenvalue weighted by atomic mass is 10.1. The number of carbonyl (C=O) groups is 1. The molecule has 1 aromatic heterocycles. The van der Waals surface area contributed by atoms with Gasteiger partial charge in [-0.05, 0) is 36.2 Å². The second kappa shape index (κ2) is 8.45. The first-order valence-electron chi connectivity index (χ1n) is 9.75. The van der Waals surface area contributed by atoms with Crippen molar-refractivity contribution in [2.24, 2.45) is 0 Å². The van der Waals surface area contributed by atoms with E-state index in [-0.39, 0.29) is 11.9 Å². The number of hydrogen-bond acceptors (Lipinski definition) is 5. The summed E-state index contributed by atoms with van der Waals surface area (Å²) in [5, 5.41) is 11.1. The van der Waals surface area contributed by atoms with Crippen LogP contribution in [0.1, 0.15) is 40.3 Å². The summed E-state index contributed by atoms with van der Waals surface area (Å²) >= 11 is 0. The number of hydrogen-bond donors (Lipinski definition) is 1. The normalized spacial score (nSPS) is 13.9. The van der Waals surface area contributed by atoms with Crippen molar-refractivity contribution in [2.45, 2.75) is 32.6 Å². The highest BCUT2D eigenvalue weighted by molar-refractivity contribution is 5.95. The molecule has 0 spiro atoms. The largest absolute Gasteiger partial charge is 0.383 e. The van der Waals surface area contributed by atoms with Gasteiger partial charge in [-0.15, -0.1) is 10.2 Å². The summed E-state index contributed by atoms with van der Waals surface area (Å²) < 4.78 is 7.01. The van der Waals surface area contributed by atoms with E-state index in [1.807, 2.05) is 35.8 Å². The van der Waals surface area contributed by atoms with E-state index in [1.54, 1.807) is 13.4 Å². The molecule has 0 aliphatic carbocycles. The van der Waals surface area contributed by atoms with Gasteiger partial charge in [-0.25, -0.2) is 0 Å². The topological polar surface area (TPSA) is 72.3 Å². The lowest BCUT2D eigenvalue weighted by Crippen LogP contribution is -2.29. The number of rotatable bonds is 7. The van der Waals surface area contributed by atoms with Crippen molar-refractivity contribution >= 4 is 11.6 Å². The van der Waals surface area contributed by atoms with Gasteiger partial charge in [-0.3, -0.25) is 4.79 Å². The third kappa shape index (κ3) is 4.14. The Morgan fingerprint density at radius 3 is 2.66 bits per heavy atom.